The lowest BCUT2D eigenvalue weighted by Crippen LogP contribution is -1.96. The molecule has 0 unspecified atom stereocenters. The molecule has 0 amide bonds. The standard InChI is InChI=1S/C26H26O/c1-16(2)18-8-10-19(11-9-18)26-23-6-4-5-20(23)13-21-14-22(15-24(21)26)25-12-7-17(3)27-25/h7-13,15-16H,4-6,14H2,1-3H3. The molecule has 2 aromatic carbocycles. The van der Waals surface area contributed by atoms with Gasteiger partial charge in [0.1, 0.15) is 11.5 Å². The molecule has 0 fully saturated rings. The van der Waals surface area contributed by atoms with Gasteiger partial charge < -0.3 is 4.42 Å². The molecular weight excluding hydrogens is 328 g/mol. The van der Waals surface area contributed by atoms with E-state index in [-0.39, 0.29) is 0 Å². The van der Waals surface area contributed by atoms with E-state index in [2.05, 4.69) is 62.4 Å². The average Bonchev–Trinajstić information content (AvgIpc) is 3.38. The van der Waals surface area contributed by atoms with Gasteiger partial charge in [0.2, 0.25) is 0 Å². The molecule has 0 saturated heterocycles. The van der Waals surface area contributed by atoms with Crippen molar-refractivity contribution in [2.24, 2.45) is 0 Å². The predicted molar refractivity (Wildman–Crippen MR) is 113 cm³/mol. The van der Waals surface area contributed by atoms with Gasteiger partial charge in [-0.2, -0.15) is 0 Å². The van der Waals surface area contributed by atoms with E-state index in [9.17, 15) is 0 Å². The summed E-state index contributed by atoms with van der Waals surface area (Å²) in [5, 5.41) is 0. The lowest BCUT2D eigenvalue weighted by Gasteiger charge is -2.16. The Morgan fingerprint density at radius 3 is 2.44 bits per heavy atom. The van der Waals surface area contributed by atoms with Gasteiger partial charge in [0.05, 0.1) is 0 Å². The van der Waals surface area contributed by atoms with Crippen molar-refractivity contribution in [2.45, 2.75) is 52.4 Å². The van der Waals surface area contributed by atoms with Gasteiger partial charge in [0.25, 0.3) is 0 Å². The van der Waals surface area contributed by atoms with E-state index in [1.54, 1.807) is 11.1 Å². The fourth-order valence-corrected chi connectivity index (χ4v) is 4.69. The maximum Gasteiger partial charge on any atom is 0.130 e. The molecule has 0 saturated carbocycles. The molecule has 136 valence electrons. The molecule has 0 bridgehead atoms. The monoisotopic (exact) mass is 354 g/mol. The Morgan fingerprint density at radius 2 is 1.74 bits per heavy atom. The Morgan fingerprint density at radius 1 is 0.926 bits per heavy atom. The number of fused-ring (bicyclic) bond motifs is 2. The molecule has 5 rings (SSSR count). The molecule has 3 aromatic rings. The smallest absolute Gasteiger partial charge is 0.130 e. The quantitative estimate of drug-likeness (QED) is 0.495. The normalized spacial score (nSPS) is 15.2. The summed E-state index contributed by atoms with van der Waals surface area (Å²) in [6.45, 7) is 6.53. The van der Waals surface area contributed by atoms with E-state index in [0.717, 1.165) is 17.9 Å². The number of allylic oxidation sites excluding steroid dienone is 1. The van der Waals surface area contributed by atoms with Gasteiger partial charge in [-0.3, -0.25) is 0 Å². The summed E-state index contributed by atoms with van der Waals surface area (Å²) >= 11 is 0. The number of benzene rings is 2. The van der Waals surface area contributed by atoms with Crippen molar-refractivity contribution in [1.29, 1.82) is 0 Å². The average molecular weight is 354 g/mol. The fourth-order valence-electron chi connectivity index (χ4n) is 4.69. The highest BCUT2D eigenvalue weighted by atomic mass is 16.3. The van der Waals surface area contributed by atoms with Gasteiger partial charge in [0.15, 0.2) is 0 Å². The van der Waals surface area contributed by atoms with Crippen LogP contribution in [0.3, 0.4) is 0 Å². The molecular formula is C26H26O. The van der Waals surface area contributed by atoms with Crippen molar-refractivity contribution in [3.8, 4) is 11.1 Å². The first-order chi connectivity index (χ1) is 13.1. The summed E-state index contributed by atoms with van der Waals surface area (Å²) in [7, 11) is 0. The first kappa shape index (κ1) is 16.6. The fraction of sp³-hybridized carbons (Fsp3) is 0.308. The van der Waals surface area contributed by atoms with Crippen LogP contribution in [-0.4, -0.2) is 0 Å². The van der Waals surface area contributed by atoms with Crippen LogP contribution < -0.4 is 0 Å². The summed E-state index contributed by atoms with van der Waals surface area (Å²) < 4.78 is 5.92. The van der Waals surface area contributed by atoms with Crippen molar-refractivity contribution < 1.29 is 4.42 Å². The van der Waals surface area contributed by atoms with Crippen LogP contribution in [0.25, 0.3) is 22.8 Å². The second-order valence-corrected chi connectivity index (χ2v) is 8.35. The third-order valence-corrected chi connectivity index (χ3v) is 6.15. The molecule has 1 heterocycles. The minimum Gasteiger partial charge on any atom is -0.462 e. The molecule has 1 nitrogen and oxygen atoms in total. The van der Waals surface area contributed by atoms with Crippen LogP contribution in [0.2, 0.25) is 0 Å². The van der Waals surface area contributed by atoms with Gasteiger partial charge in [-0.1, -0.05) is 44.2 Å². The van der Waals surface area contributed by atoms with Crippen LogP contribution in [0.1, 0.15) is 65.5 Å². The summed E-state index contributed by atoms with van der Waals surface area (Å²) in [6.07, 6.45) is 7.05. The predicted octanol–water partition coefficient (Wildman–Crippen LogP) is 6.96. The second-order valence-electron chi connectivity index (χ2n) is 8.35. The maximum atomic E-state index is 5.92. The van der Waals surface area contributed by atoms with E-state index >= 15 is 0 Å². The second kappa shape index (κ2) is 6.27. The summed E-state index contributed by atoms with van der Waals surface area (Å²) in [6, 6.07) is 15.9. The Labute approximate surface area is 161 Å². The summed E-state index contributed by atoms with van der Waals surface area (Å²) in [4.78, 5) is 0. The van der Waals surface area contributed by atoms with E-state index in [1.165, 1.54) is 52.7 Å². The number of aryl methyl sites for hydroxylation is 2. The van der Waals surface area contributed by atoms with Crippen molar-refractivity contribution in [3.63, 3.8) is 0 Å². The van der Waals surface area contributed by atoms with Crippen LogP contribution in [0.15, 0.2) is 46.9 Å². The van der Waals surface area contributed by atoms with Crippen molar-refractivity contribution >= 4 is 11.6 Å². The van der Waals surface area contributed by atoms with Crippen LogP contribution in [0.5, 0.6) is 0 Å². The number of rotatable bonds is 3. The van der Waals surface area contributed by atoms with Gasteiger partial charge in [0, 0.05) is 6.42 Å². The van der Waals surface area contributed by atoms with Crippen molar-refractivity contribution in [1.82, 2.24) is 0 Å². The molecule has 0 atom stereocenters. The Kier molecular flexibility index (Phi) is 3.86. The van der Waals surface area contributed by atoms with Crippen LogP contribution in [0.4, 0.5) is 0 Å². The topological polar surface area (TPSA) is 13.1 Å². The minimum atomic E-state index is 0.569. The number of hydrogen-bond acceptors (Lipinski definition) is 1. The zero-order valence-electron chi connectivity index (χ0n) is 16.4. The van der Waals surface area contributed by atoms with Crippen molar-refractivity contribution in [2.75, 3.05) is 0 Å². The molecule has 2 aliphatic carbocycles. The van der Waals surface area contributed by atoms with E-state index in [0.29, 0.717) is 5.92 Å². The molecule has 27 heavy (non-hydrogen) atoms. The number of hydrogen-bond donors (Lipinski definition) is 0. The molecule has 0 spiro atoms. The molecule has 1 aromatic heterocycles. The van der Waals surface area contributed by atoms with Gasteiger partial charge in [-0.05, 0) is 94.8 Å². The zero-order chi connectivity index (χ0) is 18.5. The van der Waals surface area contributed by atoms with Gasteiger partial charge in [-0.25, -0.2) is 0 Å². The molecule has 0 aliphatic heterocycles. The first-order valence-electron chi connectivity index (χ1n) is 10.2. The summed E-state index contributed by atoms with van der Waals surface area (Å²) in [5.41, 5.74) is 11.5. The molecule has 0 radical (unpaired) electrons. The summed E-state index contributed by atoms with van der Waals surface area (Å²) in [5.74, 6) is 2.57. The van der Waals surface area contributed by atoms with Gasteiger partial charge in [-0.15, -0.1) is 0 Å². The number of furan rings is 1. The highest BCUT2D eigenvalue weighted by molar-refractivity contribution is 5.94. The van der Waals surface area contributed by atoms with E-state index in [1.807, 2.05) is 6.92 Å². The minimum absolute atomic E-state index is 0.569. The SMILES string of the molecule is Cc1ccc(C2=Cc3c(cc4c(c3-c3ccc(C(C)C)cc3)CCC4)C2)o1. The maximum absolute atomic E-state index is 5.92. The van der Waals surface area contributed by atoms with Crippen LogP contribution in [-0.2, 0) is 19.3 Å². The highest BCUT2D eigenvalue weighted by Gasteiger charge is 2.26. The largest absolute Gasteiger partial charge is 0.462 e. The lowest BCUT2D eigenvalue weighted by molar-refractivity contribution is 0.521. The Hall–Kier alpha value is -2.54. The molecule has 2 aliphatic rings. The third-order valence-electron chi connectivity index (χ3n) is 6.15. The van der Waals surface area contributed by atoms with Crippen molar-refractivity contribution in [3.05, 3.63) is 81.8 Å². The lowest BCUT2D eigenvalue weighted by atomic mass is 9.88. The Balaban J connectivity index is 1.66. The van der Waals surface area contributed by atoms with Gasteiger partial charge >= 0.3 is 0 Å². The highest BCUT2D eigenvalue weighted by Crippen LogP contribution is 2.44. The van der Waals surface area contributed by atoms with E-state index < -0.39 is 0 Å². The van der Waals surface area contributed by atoms with Crippen LogP contribution in [0, 0.1) is 6.92 Å². The zero-order valence-corrected chi connectivity index (χ0v) is 16.4. The van der Waals surface area contributed by atoms with Crippen LogP contribution >= 0.6 is 0 Å². The molecule has 1 heteroatoms. The Bertz CT molecular complexity index is 1040. The first-order valence-corrected chi connectivity index (χ1v) is 10.2. The molecule has 0 N–H and O–H groups in total. The van der Waals surface area contributed by atoms with E-state index in [4.69, 9.17) is 4.42 Å². The third kappa shape index (κ3) is 2.77.